The summed E-state index contributed by atoms with van der Waals surface area (Å²) in [5.41, 5.74) is 4.93. The van der Waals surface area contributed by atoms with Crippen LogP contribution in [0.3, 0.4) is 0 Å². The topological polar surface area (TPSA) is 43.1 Å². The highest BCUT2D eigenvalue weighted by molar-refractivity contribution is 7.23. The smallest absolute Gasteiger partial charge is 0.156 e. The molecule has 0 saturated heterocycles. The zero-order valence-electron chi connectivity index (χ0n) is 2.85. The molecule has 0 amide bonds. The summed E-state index contributed by atoms with van der Waals surface area (Å²) >= 11 is 0. The maximum Gasteiger partial charge on any atom is 0.156 e. The van der Waals surface area contributed by atoms with Crippen LogP contribution >= 0.6 is 8.46 Å². The van der Waals surface area contributed by atoms with Gasteiger partial charge < -0.3 is 5.73 Å². The molecular formula is C2H6NOP. The Morgan fingerprint density at radius 1 is 1.80 bits per heavy atom. The highest BCUT2D eigenvalue weighted by Gasteiger charge is 1.68. The van der Waals surface area contributed by atoms with E-state index < -0.39 is 0 Å². The van der Waals surface area contributed by atoms with E-state index in [4.69, 9.17) is 5.73 Å². The van der Waals surface area contributed by atoms with Crippen molar-refractivity contribution in [3.8, 4) is 0 Å². The molecule has 2 nitrogen and oxygen atoms in total. The third kappa shape index (κ3) is 4.06. The average molecular weight is 91.0 g/mol. The average Bonchev–Trinajstić information content (AvgIpc) is 1.41. The highest BCUT2D eigenvalue weighted by Crippen LogP contribution is 1.82. The van der Waals surface area contributed by atoms with Crippen LogP contribution in [0.25, 0.3) is 0 Å². The SMILES string of the molecule is NCCP=O. The van der Waals surface area contributed by atoms with E-state index in [1.54, 1.807) is 0 Å². The molecule has 0 saturated carbocycles. The van der Waals surface area contributed by atoms with E-state index >= 15 is 0 Å². The standard InChI is InChI=1S/C2H6NOP/c3-1-2-5-4/h1-3H2. The van der Waals surface area contributed by atoms with E-state index in [2.05, 4.69) is 0 Å². The molecule has 0 atom stereocenters. The number of hydrogen-bond acceptors (Lipinski definition) is 2. The Morgan fingerprint density at radius 3 is 2.40 bits per heavy atom. The predicted octanol–water partition coefficient (Wildman–Crippen LogP) is 0.237. The van der Waals surface area contributed by atoms with Gasteiger partial charge in [-0.05, 0) is 0 Å². The van der Waals surface area contributed by atoms with Gasteiger partial charge in [0.2, 0.25) is 0 Å². The fourth-order valence-corrected chi connectivity index (χ4v) is 0.158. The molecule has 0 unspecified atom stereocenters. The van der Waals surface area contributed by atoms with E-state index in [0.29, 0.717) is 12.7 Å². The Labute approximate surface area is 32.6 Å². The van der Waals surface area contributed by atoms with Gasteiger partial charge in [0, 0.05) is 12.7 Å². The number of hydrogen-bond donors (Lipinski definition) is 1. The largest absolute Gasteiger partial charge is 0.330 e. The normalized spacial score (nSPS) is 9.00. The first-order chi connectivity index (χ1) is 2.41. The molecule has 0 aliphatic rings. The molecule has 0 aromatic rings. The van der Waals surface area contributed by atoms with Gasteiger partial charge in [0.05, 0.1) is 0 Å². The van der Waals surface area contributed by atoms with Crippen molar-refractivity contribution < 1.29 is 4.57 Å². The van der Waals surface area contributed by atoms with Crippen molar-refractivity contribution in [2.45, 2.75) is 0 Å². The molecule has 3 heteroatoms. The van der Waals surface area contributed by atoms with E-state index in [-0.39, 0.29) is 8.46 Å². The Morgan fingerprint density at radius 2 is 2.40 bits per heavy atom. The Kier molecular flexibility index (Phi) is 4.11. The van der Waals surface area contributed by atoms with Crippen LogP contribution in [-0.4, -0.2) is 12.7 Å². The first-order valence-electron chi connectivity index (χ1n) is 1.41. The van der Waals surface area contributed by atoms with Crippen LogP contribution < -0.4 is 5.73 Å². The first-order valence-corrected chi connectivity index (χ1v) is 2.40. The van der Waals surface area contributed by atoms with Crippen molar-refractivity contribution in [3.05, 3.63) is 0 Å². The fourth-order valence-electron chi connectivity index (χ4n) is 0.0527. The summed E-state index contributed by atoms with van der Waals surface area (Å²) in [6, 6.07) is 0. The molecule has 0 bridgehead atoms. The molecule has 0 heterocycles. The van der Waals surface area contributed by atoms with Gasteiger partial charge in [-0.3, -0.25) is 4.57 Å². The second-order valence-corrected chi connectivity index (χ2v) is 1.35. The van der Waals surface area contributed by atoms with Crippen LogP contribution in [0, 0.1) is 0 Å². The van der Waals surface area contributed by atoms with Gasteiger partial charge in [-0.15, -0.1) is 0 Å². The minimum atomic E-state index is 0.155. The lowest BCUT2D eigenvalue weighted by atomic mass is 10.8. The van der Waals surface area contributed by atoms with Crippen LogP contribution in [0.2, 0.25) is 0 Å². The maximum absolute atomic E-state index is 9.42. The summed E-state index contributed by atoms with van der Waals surface area (Å²) in [4.78, 5) is 0. The third-order valence-electron chi connectivity index (χ3n) is 0.220. The Bertz CT molecular complexity index is 30.8. The number of nitrogens with two attached hydrogens (primary N) is 1. The van der Waals surface area contributed by atoms with Crippen LogP contribution in [0.5, 0.6) is 0 Å². The lowest BCUT2D eigenvalue weighted by molar-refractivity contribution is 0.598. The van der Waals surface area contributed by atoms with E-state index in [1.807, 2.05) is 0 Å². The summed E-state index contributed by atoms with van der Waals surface area (Å²) in [7, 11) is 0.155. The second-order valence-electron chi connectivity index (χ2n) is 0.641. The number of rotatable bonds is 2. The van der Waals surface area contributed by atoms with Gasteiger partial charge in [-0.25, -0.2) is 0 Å². The Hall–Kier alpha value is 0.0600. The minimum Gasteiger partial charge on any atom is -0.330 e. The van der Waals surface area contributed by atoms with Crippen molar-refractivity contribution in [3.63, 3.8) is 0 Å². The van der Waals surface area contributed by atoms with Crippen LogP contribution in [0.1, 0.15) is 0 Å². The van der Waals surface area contributed by atoms with Gasteiger partial charge in [0.15, 0.2) is 8.46 Å². The molecule has 0 aliphatic heterocycles. The summed E-state index contributed by atoms with van der Waals surface area (Å²) in [6.45, 7) is 0.519. The quantitative estimate of drug-likeness (QED) is 0.494. The minimum absolute atomic E-state index is 0.155. The molecule has 0 rings (SSSR count). The Balaban J connectivity index is 2.40. The molecule has 2 N–H and O–H groups in total. The second kappa shape index (κ2) is 4.06. The van der Waals surface area contributed by atoms with Crippen molar-refractivity contribution in [1.29, 1.82) is 0 Å². The van der Waals surface area contributed by atoms with Gasteiger partial charge in [0.25, 0.3) is 0 Å². The third-order valence-corrected chi connectivity index (χ3v) is 0.661. The zero-order chi connectivity index (χ0) is 4.12. The molecule has 0 fully saturated rings. The van der Waals surface area contributed by atoms with Crippen molar-refractivity contribution in [1.82, 2.24) is 0 Å². The molecule has 0 spiro atoms. The van der Waals surface area contributed by atoms with E-state index in [0.717, 1.165) is 0 Å². The van der Waals surface area contributed by atoms with Crippen molar-refractivity contribution in [2.24, 2.45) is 5.73 Å². The molecule has 0 radical (unpaired) electrons. The predicted molar refractivity (Wildman–Crippen MR) is 21.5 cm³/mol. The van der Waals surface area contributed by atoms with Gasteiger partial charge in [0.1, 0.15) is 0 Å². The molecule has 5 heavy (non-hydrogen) atoms. The summed E-state index contributed by atoms with van der Waals surface area (Å²) in [5, 5.41) is 0. The van der Waals surface area contributed by atoms with Gasteiger partial charge in [-0.2, -0.15) is 0 Å². The first kappa shape index (κ1) is 5.06. The van der Waals surface area contributed by atoms with Crippen LogP contribution in [0.4, 0.5) is 0 Å². The summed E-state index contributed by atoms with van der Waals surface area (Å²) < 4.78 is 9.42. The molecule has 0 aromatic heterocycles. The lowest BCUT2D eigenvalue weighted by Crippen LogP contribution is -1.97. The van der Waals surface area contributed by atoms with E-state index in [1.165, 1.54) is 0 Å². The van der Waals surface area contributed by atoms with Crippen molar-refractivity contribution in [2.75, 3.05) is 12.7 Å². The molecule has 0 aliphatic carbocycles. The monoisotopic (exact) mass is 91.0 g/mol. The highest BCUT2D eigenvalue weighted by atomic mass is 31.1. The van der Waals surface area contributed by atoms with Crippen LogP contribution in [-0.2, 0) is 4.57 Å². The van der Waals surface area contributed by atoms with E-state index in [9.17, 15) is 4.57 Å². The van der Waals surface area contributed by atoms with Crippen molar-refractivity contribution >= 4 is 8.46 Å². The maximum atomic E-state index is 9.42. The molecule has 0 aromatic carbocycles. The fraction of sp³-hybridized carbons (Fsp3) is 1.00. The van der Waals surface area contributed by atoms with Gasteiger partial charge in [-0.1, -0.05) is 0 Å². The molecule has 30 valence electrons. The lowest BCUT2D eigenvalue weighted by Gasteiger charge is -1.68. The molecular weight excluding hydrogens is 85.0 g/mol. The van der Waals surface area contributed by atoms with Gasteiger partial charge >= 0.3 is 0 Å². The summed E-state index contributed by atoms with van der Waals surface area (Å²) in [6.07, 6.45) is 0.583. The summed E-state index contributed by atoms with van der Waals surface area (Å²) in [5.74, 6) is 0. The zero-order valence-corrected chi connectivity index (χ0v) is 3.74. The van der Waals surface area contributed by atoms with Crippen LogP contribution in [0.15, 0.2) is 0 Å².